The number of methoxy groups -OCH3 is 3. The van der Waals surface area contributed by atoms with E-state index in [1.54, 1.807) is 41.3 Å². The molecule has 1 atom stereocenters. The third-order valence-electron chi connectivity index (χ3n) is 6.35. The van der Waals surface area contributed by atoms with Crippen LogP contribution in [-0.2, 0) is 6.54 Å². The fourth-order valence-electron chi connectivity index (χ4n) is 4.63. The van der Waals surface area contributed by atoms with Crippen molar-refractivity contribution in [1.29, 1.82) is 0 Å². The van der Waals surface area contributed by atoms with Crippen molar-refractivity contribution in [1.82, 2.24) is 4.90 Å². The average molecular weight is 472 g/mol. The van der Waals surface area contributed by atoms with Crippen LogP contribution in [0.15, 0.2) is 69.9 Å². The number of nitrogens with zero attached hydrogens (tertiary/aromatic N) is 1. The van der Waals surface area contributed by atoms with E-state index in [4.69, 9.17) is 18.6 Å². The van der Waals surface area contributed by atoms with Crippen molar-refractivity contribution in [2.75, 3.05) is 21.3 Å². The number of rotatable bonds is 6. The minimum absolute atomic E-state index is 0.0552. The Morgan fingerprint density at radius 1 is 0.886 bits per heavy atom. The number of hydrogen-bond acceptors (Lipinski definition) is 6. The van der Waals surface area contributed by atoms with Crippen molar-refractivity contribution < 1.29 is 23.4 Å². The molecule has 5 rings (SSSR count). The molecule has 0 spiro atoms. The number of carbonyl (C=O) groups excluding carboxylic acids is 1. The highest BCUT2D eigenvalue weighted by Gasteiger charge is 2.43. The van der Waals surface area contributed by atoms with Crippen LogP contribution < -0.4 is 19.6 Å². The first-order chi connectivity index (χ1) is 17.0. The zero-order valence-electron chi connectivity index (χ0n) is 20.0. The highest BCUT2D eigenvalue weighted by Crippen LogP contribution is 2.45. The van der Waals surface area contributed by atoms with E-state index in [9.17, 15) is 9.59 Å². The minimum atomic E-state index is -0.701. The van der Waals surface area contributed by atoms with E-state index in [0.29, 0.717) is 45.9 Å². The molecule has 3 aromatic carbocycles. The van der Waals surface area contributed by atoms with Crippen molar-refractivity contribution in [2.24, 2.45) is 0 Å². The number of aryl methyl sites for hydroxylation is 1. The van der Waals surface area contributed by atoms with Gasteiger partial charge in [-0.3, -0.25) is 9.59 Å². The second-order valence-corrected chi connectivity index (χ2v) is 8.45. The summed E-state index contributed by atoms with van der Waals surface area (Å²) in [5.74, 6) is 1.01. The molecular formula is C28H25NO6. The van der Waals surface area contributed by atoms with Crippen LogP contribution in [0.5, 0.6) is 17.2 Å². The predicted octanol–water partition coefficient (Wildman–Crippen LogP) is 4.87. The van der Waals surface area contributed by atoms with Gasteiger partial charge in [0.15, 0.2) is 16.9 Å². The molecule has 1 aromatic heterocycles. The van der Waals surface area contributed by atoms with Gasteiger partial charge in [-0.25, -0.2) is 0 Å². The van der Waals surface area contributed by atoms with Crippen molar-refractivity contribution >= 4 is 16.9 Å². The van der Waals surface area contributed by atoms with E-state index < -0.39 is 6.04 Å². The number of ether oxygens (including phenoxy) is 3. The Bertz CT molecular complexity index is 1460. The molecule has 7 heteroatoms. The Morgan fingerprint density at radius 3 is 2.17 bits per heavy atom. The second-order valence-electron chi connectivity index (χ2n) is 8.45. The van der Waals surface area contributed by atoms with Crippen molar-refractivity contribution in [3.05, 3.63) is 98.9 Å². The van der Waals surface area contributed by atoms with Crippen LogP contribution in [0.25, 0.3) is 11.0 Å². The predicted molar refractivity (Wildman–Crippen MR) is 131 cm³/mol. The molecule has 4 aromatic rings. The van der Waals surface area contributed by atoms with Gasteiger partial charge in [0.2, 0.25) is 11.5 Å². The largest absolute Gasteiger partial charge is 0.493 e. The number of para-hydroxylation sites is 1. The maximum Gasteiger partial charge on any atom is 0.291 e. The molecule has 1 aliphatic rings. The summed E-state index contributed by atoms with van der Waals surface area (Å²) in [5.41, 5.74) is 3.16. The lowest BCUT2D eigenvalue weighted by molar-refractivity contribution is 0.0714. The maximum atomic E-state index is 13.7. The third kappa shape index (κ3) is 3.69. The van der Waals surface area contributed by atoms with Crippen LogP contribution in [0.3, 0.4) is 0 Å². The summed E-state index contributed by atoms with van der Waals surface area (Å²) >= 11 is 0. The molecule has 2 heterocycles. The molecule has 7 nitrogen and oxygen atoms in total. The number of benzene rings is 3. The highest BCUT2D eigenvalue weighted by molar-refractivity contribution is 5.99. The molecule has 0 bridgehead atoms. The Morgan fingerprint density at radius 2 is 1.54 bits per heavy atom. The molecular weight excluding hydrogens is 446 g/mol. The lowest BCUT2D eigenvalue weighted by Gasteiger charge is -2.26. The van der Waals surface area contributed by atoms with Gasteiger partial charge >= 0.3 is 0 Å². The van der Waals surface area contributed by atoms with Gasteiger partial charge in [-0.2, -0.15) is 0 Å². The quantitative estimate of drug-likeness (QED) is 0.399. The van der Waals surface area contributed by atoms with Gasteiger partial charge in [-0.15, -0.1) is 0 Å². The zero-order chi connectivity index (χ0) is 24.7. The maximum absolute atomic E-state index is 13.7. The van der Waals surface area contributed by atoms with Gasteiger partial charge in [0.25, 0.3) is 5.91 Å². The normalized spacial score (nSPS) is 14.8. The van der Waals surface area contributed by atoms with Gasteiger partial charge < -0.3 is 23.5 Å². The molecule has 0 fully saturated rings. The van der Waals surface area contributed by atoms with Crippen molar-refractivity contribution in [3.63, 3.8) is 0 Å². The number of hydrogen-bond donors (Lipinski definition) is 0. The highest BCUT2D eigenvalue weighted by atomic mass is 16.5. The van der Waals surface area contributed by atoms with Crippen LogP contribution in [0, 0.1) is 6.92 Å². The monoisotopic (exact) mass is 471 g/mol. The first-order valence-corrected chi connectivity index (χ1v) is 11.2. The molecule has 1 aliphatic heterocycles. The fourth-order valence-corrected chi connectivity index (χ4v) is 4.63. The van der Waals surface area contributed by atoms with E-state index in [1.807, 2.05) is 31.2 Å². The number of amides is 1. The molecule has 0 saturated carbocycles. The van der Waals surface area contributed by atoms with Gasteiger partial charge in [0.05, 0.1) is 38.3 Å². The Balaban J connectivity index is 1.75. The summed E-state index contributed by atoms with van der Waals surface area (Å²) in [4.78, 5) is 29.0. The summed E-state index contributed by atoms with van der Waals surface area (Å²) < 4.78 is 22.6. The molecule has 0 saturated heterocycles. The Hall–Kier alpha value is -4.26. The topological polar surface area (TPSA) is 78.2 Å². The molecule has 0 aliphatic carbocycles. The summed E-state index contributed by atoms with van der Waals surface area (Å²) in [7, 11) is 4.58. The van der Waals surface area contributed by atoms with Crippen LogP contribution in [-0.4, -0.2) is 32.1 Å². The molecule has 178 valence electrons. The third-order valence-corrected chi connectivity index (χ3v) is 6.35. The van der Waals surface area contributed by atoms with Crippen molar-refractivity contribution in [2.45, 2.75) is 19.5 Å². The van der Waals surface area contributed by atoms with Crippen LogP contribution in [0.1, 0.15) is 38.9 Å². The van der Waals surface area contributed by atoms with Gasteiger partial charge in [0.1, 0.15) is 5.58 Å². The summed E-state index contributed by atoms with van der Waals surface area (Å²) in [6.45, 7) is 2.30. The smallest absolute Gasteiger partial charge is 0.291 e. The van der Waals surface area contributed by atoms with Crippen molar-refractivity contribution in [3.8, 4) is 17.2 Å². The Kier molecular flexibility index (Phi) is 5.68. The standard InChI is InChI=1S/C28H25NO6/c1-16-9-11-17(12-10-16)15-29-24(18-13-21(32-2)26(34-4)22(14-18)33-3)23-25(30)19-7-5-6-8-20(19)35-27(23)28(29)31/h5-14,24H,15H2,1-4H3. The molecule has 1 unspecified atom stereocenters. The lowest BCUT2D eigenvalue weighted by atomic mass is 9.97. The average Bonchev–Trinajstić information content (AvgIpc) is 3.16. The van der Waals surface area contributed by atoms with Crippen LogP contribution >= 0.6 is 0 Å². The molecule has 0 radical (unpaired) electrons. The van der Waals surface area contributed by atoms with Gasteiger partial charge in [0, 0.05) is 6.54 Å². The summed E-state index contributed by atoms with van der Waals surface area (Å²) in [6, 6.07) is 17.7. The van der Waals surface area contributed by atoms with E-state index in [2.05, 4.69) is 0 Å². The lowest BCUT2D eigenvalue weighted by Crippen LogP contribution is -2.29. The summed E-state index contributed by atoms with van der Waals surface area (Å²) in [6.07, 6.45) is 0. The molecule has 35 heavy (non-hydrogen) atoms. The Labute approximate surface area is 202 Å². The summed E-state index contributed by atoms with van der Waals surface area (Å²) in [5, 5.41) is 0.425. The zero-order valence-corrected chi connectivity index (χ0v) is 20.0. The van der Waals surface area contributed by atoms with Gasteiger partial charge in [-0.1, -0.05) is 42.0 Å². The first-order valence-electron chi connectivity index (χ1n) is 11.2. The van der Waals surface area contributed by atoms with E-state index in [1.165, 1.54) is 21.3 Å². The molecule has 0 N–H and O–H groups in total. The second kappa shape index (κ2) is 8.83. The fraction of sp³-hybridized carbons (Fsp3) is 0.214. The van der Waals surface area contributed by atoms with E-state index >= 15 is 0 Å². The molecule has 1 amide bonds. The van der Waals surface area contributed by atoms with Crippen LogP contribution in [0.4, 0.5) is 0 Å². The number of fused-ring (bicyclic) bond motifs is 2. The SMILES string of the molecule is COc1cc(C2c3c(oc4ccccc4c3=O)C(=O)N2Cc2ccc(C)cc2)cc(OC)c1OC. The van der Waals surface area contributed by atoms with Gasteiger partial charge in [-0.05, 0) is 42.3 Å². The number of carbonyl (C=O) groups is 1. The van der Waals surface area contributed by atoms with E-state index in [-0.39, 0.29) is 17.1 Å². The van der Waals surface area contributed by atoms with Crippen LogP contribution in [0.2, 0.25) is 0 Å². The minimum Gasteiger partial charge on any atom is -0.493 e. The van der Waals surface area contributed by atoms with E-state index in [0.717, 1.165) is 11.1 Å². The first kappa shape index (κ1) is 22.5.